The van der Waals surface area contributed by atoms with Gasteiger partial charge >= 0.3 is 0 Å². The number of benzene rings is 1. The normalized spacial score (nSPS) is 24.3. The smallest absolute Gasteiger partial charge is 0.0299 e. The SMILES string of the molecule is Cc1cc(C)c(C(C)NC2CCCCC2C(C)C)c(C)c1. The molecule has 0 bridgehead atoms. The molecule has 1 aliphatic carbocycles. The Labute approximate surface area is 131 Å². The highest BCUT2D eigenvalue weighted by Crippen LogP contribution is 2.32. The van der Waals surface area contributed by atoms with Gasteiger partial charge in [0.15, 0.2) is 0 Å². The number of aryl methyl sites for hydroxylation is 3. The molecule has 0 radical (unpaired) electrons. The second-order valence-electron chi connectivity index (χ2n) is 7.50. The van der Waals surface area contributed by atoms with Gasteiger partial charge in [0, 0.05) is 12.1 Å². The van der Waals surface area contributed by atoms with Gasteiger partial charge in [-0.2, -0.15) is 0 Å². The molecule has 1 aromatic carbocycles. The van der Waals surface area contributed by atoms with Crippen LogP contribution in [0.2, 0.25) is 0 Å². The molecule has 1 heteroatoms. The van der Waals surface area contributed by atoms with Crippen LogP contribution in [0.25, 0.3) is 0 Å². The Bertz CT molecular complexity index is 452. The van der Waals surface area contributed by atoms with Crippen molar-refractivity contribution in [2.75, 3.05) is 0 Å². The van der Waals surface area contributed by atoms with Crippen LogP contribution in [0.4, 0.5) is 0 Å². The van der Waals surface area contributed by atoms with Crippen molar-refractivity contribution >= 4 is 0 Å². The highest BCUT2D eigenvalue weighted by Gasteiger charge is 2.29. The molecule has 1 N–H and O–H groups in total. The molecule has 0 saturated heterocycles. The Morgan fingerprint density at radius 1 is 0.952 bits per heavy atom. The van der Waals surface area contributed by atoms with Gasteiger partial charge in [-0.1, -0.05) is 44.4 Å². The van der Waals surface area contributed by atoms with Crippen LogP contribution in [0.15, 0.2) is 12.1 Å². The molecule has 0 amide bonds. The summed E-state index contributed by atoms with van der Waals surface area (Å²) < 4.78 is 0. The Morgan fingerprint density at radius 2 is 1.52 bits per heavy atom. The average Bonchev–Trinajstić information content (AvgIpc) is 2.37. The first-order valence-corrected chi connectivity index (χ1v) is 8.74. The zero-order valence-corrected chi connectivity index (χ0v) is 14.8. The molecule has 3 atom stereocenters. The Hall–Kier alpha value is -0.820. The van der Waals surface area contributed by atoms with Crippen molar-refractivity contribution in [3.8, 4) is 0 Å². The van der Waals surface area contributed by atoms with E-state index in [4.69, 9.17) is 0 Å². The summed E-state index contributed by atoms with van der Waals surface area (Å²) in [6.45, 7) is 13.8. The molecule has 0 aromatic heterocycles. The number of nitrogens with one attached hydrogen (secondary N) is 1. The molecule has 0 heterocycles. The van der Waals surface area contributed by atoms with Crippen molar-refractivity contribution in [3.05, 3.63) is 34.4 Å². The van der Waals surface area contributed by atoms with E-state index in [0.29, 0.717) is 12.1 Å². The molecule has 2 rings (SSSR count). The number of hydrogen-bond donors (Lipinski definition) is 1. The second-order valence-corrected chi connectivity index (χ2v) is 7.50. The van der Waals surface area contributed by atoms with E-state index in [0.717, 1.165) is 11.8 Å². The van der Waals surface area contributed by atoms with Crippen LogP contribution in [-0.2, 0) is 0 Å². The predicted octanol–water partition coefficient (Wildman–Crippen LogP) is 5.48. The lowest BCUT2D eigenvalue weighted by atomic mass is 9.77. The summed E-state index contributed by atoms with van der Waals surface area (Å²) in [5, 5.41) is 3.97. The minimum Gasteiger partial charge on any atom is -0.307 e. The van der Waals surface area contributed by atoms with Crippen LogP contribution in [-0.4, -0.2) is 6.04 Å². The van der Waals surface area contributed by atoms with Gasteiger partial charge in [0.25, 0.3) is 0 Å². The van der Waals surface area contributed by atoms with E-state index < -0.39 is 0 Å². The van der Waals surface area contributed by atoms with Crippen LogP contribution in [0.3, 0.4) is 0 Å². The summed E-state index contributed by atoms with van der Waals surface area (Å²) in [6.07, 6.45) is 5.54. The van der Waals surface area contributed by atoms with Gasteiger partial charge in [-0.15, -0.1) is 0 Å². The van der Waals surface area contributed by atoms with Crippen molar-refractivity contribution in [3.63, 3.8) is 0 Å². The maximum absolute atomic E-state index is 3.97. The van der Waals surface area contributed by atoms with Crippen molar-refractivity contribution in [1.29, 1.82) is 0 Å². The molecule has 1 aliphatic rings. The molecule has 1 nitrogen and oxygen atoms in total. The van der Waals surface area contributed by atoms with E-state index in [1.165, 1.54) is 47.9 Å². The first kappa shape index (κ1) is 16.5. The fourth-order valence-electron chi connectivity index (χ4n) is 4.44. The van der Waals surface area contributed by atoms with Crippen LogP contribution in [0, 0.1) is 32.6 Å². The number of hydrogen-bond acceptors (Lipinski definition) is 1. The second kappa shape index (κ2) is 6.96. The molecule has 3 unspecified atom stereocenters. The van der Waals surface area contributed by atoms with Crippen LogP contribution < -0.4 is 5.32 Å². The third kappa shape index (κ3) is 3.88. The Morgan fingerprint density at radius 3 is 2.10 bits per heavy atom. The van der Waals surface area contributed by atoms with Crippen LogP contribution in [0.5, 0.6) is 0 Å². The van der Waals surface area contributed by atoms with Crippen molar-refractivity contribution in [2.24, 2.45) is 11.8 Å². The van der Waals surface area contributed by atoms with E-state index in [9.17, 15) is 0 Å². The molecule has 0 aliphatic heterocycles. The van der Waals surface area contributed by atoms with E-state index >= 15 is 0 Å². The summed E-state index contributed by atoms with van der Waals surface area (Å²) in [7, 11) is 0. The van der Waals surface area contributed by atoms with Crippen molar-refractivity contribution in [2.45, 2.75) is 79.3 Å². The molecule has 1 saturated carbocycles. The maximum Gasteiger partial charge on any atom is 0.0299 e. The third-order valence-electron chi connectivity index (χ3n) is 5.31. The Balaban J connectivity index is 2.15. The Kier molecular flexibility index (Phi) is 5.48. The summed E-state index contributed by atoms with van der Waals surface area (Å²) in [4.78, 5) is 0. The average molecular weight is 287 g/mol. The van der Waals surface area contributed by atoms with E-state index in [1.807, 2.05) is 0 Å². The van der Waals surface area contributed by atoms with Gasteiger partial charge in [0.05, 0.1) is 0 Å². The fourth-order valence-corrected chi connectivity index (χ4v) is 4.44. The lowest BCUT2D eigenvalue weighted by Gasteiger charge is -2.37. The molecule has 1 fully saturated rings. The summed E-state index contributed by atoms with van der Waals surface area (Å²) >= 11 is 0. The molecule has 21 heavy (non-hydrogen) atoms. The van der Waals surface area contributed by atoms with E-state index in [1.54, 1.807) is 0 Å². The lowest BCUT2D eigenvalue weighted by molar-refractivity contribution is 0.194. The zero-order chi connectivity index (χ0) is 15.6. The molecular formula is C20H33N. The monoisotopic (exact) mass is 287 g/mol. The molecule has 1 aromatic rings. The minimum atomic E-state index is 0.454. The van der Waals surface area contributed by atoms with Crippen LogP contribution >= 0.6 is 0 Å². The lowest BCUT2D eigenvalue weighted by Crippen LogP contribution is -2.42. The van der Waals surface area contributed by atoms with E-state index in [2.05, 4.69) is 59.0 Å². The highest BCUT2D eigenvalue weighted by molar-refractivity contribution is 5.39. The van der Waals surface area contributed by atoms with Gasteiger partial charge < -0.3 is 5.32 Å². The summed E-state index contributed by atoms with van der Waals surface area (Å²) in [5.41, 5.74) is 5.75. The minimum absolute atomic E-state index is 0.454. The third-order valence-corrected chi connectivity index (χ3v) is 5.31. The van der Waals surface area contributed by atoms with Gasteiger partial charge in [0.1, 0.15) is 0 Å². The first-order valence-electron chi connectivity index (χ1n) is 8.74. The standard InChI is InChI=1S/C20H33N/c1-13(2)18-9-7-8-10-19(18)21-17(6)20-15(4)11-14(3)12-16(20)5/h11-13,17-19,21H,7-10H2,1-6H3. The maximum atomic E-state index is 3.97. The first-order chi connectivity index (χ1) is 9.90. The van der Waals surface area contributed by atoms with Gasteiger partial charge in [0.2, 0.25) is 0 Å². The molecule has 118 valence electrons. The van der Waals surface area contributed by atoms with Crippen molar-refractivity contribution < 1.29 is 0 Å². The molecular weight excluding hydrogens is 254 g/mol. The van der Waals surface area contributed by atoms with Gasteiger partial charge in [-0.25, -0.2) is 0 Å². The fraction of sp³-hybridized carbons (Fsp3) is 0.700. The van der Waals surface area contributed by atoms with Crippen molar-refractivity contribution in [1.82, 2.24) is 5.32 Å². The quantitative estimate of drug-likeness (QED) is 0.773. The zero-order valence-electron chi connectivity index (χ0n) is 14.8. The summed E-state index contributed by atoms with van der Waals surface area (Å²) in [5.74, 6) is 1.63. The topological polar surface area (TPSA) is 12.0 Å². The van der Waals surface area contributed by atoms with Gasteiger partial charge in [-0.3, -0.25) is 0 Å². The highest BCUT2D eigenvalue weighted by atomic mass is 15.0. The van der Waals surface area contributed by atoms with E-state index in [-0.39, 0.29) is 0 Å². The number of rotatable bonds is 4. The molecule has 0 spiro atoms. The van der Waals surface area contributed by atoms with Crippen LogP contribution in [0.1, 0.15) is 74.8 Å². The predicted molar refractivity (Wildman–Crippen MR) is 92.8 cm³/mol. The van der Waals surface area contributed by atoms with Gasteiger partial charge in [-0.05, 0) is 69.1 Å². The summed E-state index contributed by atoms with van der Waals surface area (Å²) in [6, 6.07) is 5.78. The largest absolute Gasteiger partial charge is 0.307 e.